The highest BCUT2D eigenvalue weighted by molar-refractivity contribution is 5.66. The maximum absolute atomic E-state index is 10.4. The van der Waals surface area contributed by atoms with Crippen molar-refractivity contribution < 1.29 is 5.11 Å². The van der Waals surface area contributed by atoms with Gasteiger partial charge >= 0.3 is 0 Å². The zero-order valence-electron chi connectivity index (χ0n) is 8.03. The van der Waals surface area contributed by atoms with Crippen molar-refractivity contribution in [1.82, 2.24) is 0 Å². The number of benzene rings is 1. The summed E-state index contributed by atoms with van der Waals surface area (Å²) >= 11 is 0. The molecule has 14 heavy (non-hydrogen) atoms. The molecule has 0 aromatic heterocycles. The number of anilines is 1. The smallest absolute Gasteiger partial charge is 0.150 e. The Morgan fingerprint density at radius 2 is 2.29 bits per heavy atom. The molecule has 0 radical (unpaired) electrons. The standard InChI is InChI=1S/C10H12N2O2/c1-12-4-2-3-7-5-8(11-14)10(13)6-9(7)12/h5-6,13H,2-4H2,1H3. The number of hydrogen-bond acceptors (Lipinski definition) is 4. The molecule has 2 rings (SSSR count). The van der Waals surface area contributed by atoms with Crippen LogP contribution < -0.4 is 4.90 Å². The molecule has 74 valence electrons. The Balaban J connectivity index is 2.53. The van der Waals surface area contributed by atoms with E-state index in [1.165, 1.54) is 0 Å². The molecule has 0 atom stereocenters. The predicted molar refractivity (Wildman–Crippen MR) is 55.2 cm³/mol. The molecule has 1 N–H and O–H groups in total. The van der Waals surface area contributed by atoms with E-state index in [1.807, 2.05) is 7.05 Å². The summed E-state index contributed by atoms with van der Waals surface area (Å²) in [5.74, 6) is -0.0347. The summed E-state index contributed by atoms with van der Waals surface area (Å²) in [5, 5.41) is 12.2. The first-order chi connectivity index (χ1) is 6.72. The third-order valence-electron chi connectivity index (χ3n) is 2.63. The molecular formula is C10H12N2O2. The fourth-order valence-corrected chi connectivity index (χ4v) is 1.86. The van der Waals surface area contributed by atoms with Crippen LogP contribution >= 0.6 is 0 Å². The molecule has 1 aliphatic heterocycles. The van der Waals surface area contributed by atoms with E-state index < -0.39 is 0 Å². The van der Waals surface area contributed by atoms with Gasteiger partial charge in [-0.25, -0.2) is 0 Å². The number of aryl methyl sites for hydroxylation is 1. The monoisotopic (exact) mass is 192 g/mol. The van der Waals surface area contributed by atoms with Gasteiger partial charge in [0.25, 0.3) is 0 Å². The highest BCUT2D eigenvalue weighted by atomic mass is 16.3. The van der Waals surface area contributed by atoms with E-state index >= 15 is 0 Å². The molecule has 0 saturated carbocycles. The van der Waals surface area contributed by atoms with Crippen LogP contribution in [-0.4, -0.2) is 18.7 Å². The van der Waals surface area contributed by atoms with E-state index in [0.717, 1.165) is 30.6 Å². The van der Waals surface area contributed by atoms with Crippen molar-refractivity contribution in [3.8, 4) is 5.75 Å². The largest absolute Gasteiger partial charge is 0.505 e. The van der Waals surface area contributed by atoms with Crippen LogP contribution in [0.15, 0.2) is 17.3 Å². The van der Waals surface area contributed by atoms with Crippen molar-refractivity contribution in [3.05, 3.63) is 22.6 Å². The van der Waals surface area contributed by atoms with Gasteiger partial charge in [-0.2, -0.15) is 0 Å². The Kier molecular flexibility index (Phi) is 2.11. The number of phenols is 1. The lowest BCUT2D eigenvalue weighted by Crippen LogP contribution is -2.24. The van der Waals surface area contributed by atoms with Crippen LogP contribution in [0.25, 0.3) is 0 Å². The number of rotatable bonds is 1. The van der Waals surface area contributed by atoms with Gasteiger partial charge in [0.15, 0.2) is 0 Å². The van der Waals surface area contributed by atoms with Crippen molar-refractivity contribution in [2.45, 2.75) is 12.8 Å². The van der Waals surface area contributed by atoms with E-state index in [2.05, 4.69) is 10.1 Å². The maximum atomic E-state index is 10.4. The number of nitroso groups, excluding NO2 is 1. The summed E-state index contributed by atoms with van der Waals surface area (Å²) in [6.07, 6.45) is 2.02. The summed E-state index contributed by atoms with van der Waals surface area (Å²) in [6, 6.07) is 3.29. The Morgan fingerprint density at radius 3 is 3.00 bits per heavy atom. The summed E-state index contributed by atoms with van der Waals surface area (Å²) in [4.78, 5) is 12.4. The summed E-state index contributed by atoms with van der Waals surface area (Å²) < 4.78 is 0. The van der Waals surface area contributed by atoms with Crippen LogP contribution in [0, 0.1) is 4.91 Å². The number of fused-ring (bicyclic) bond motifs is 1. The normalized spacial score (nSPS) is 15.1. The van der Waals surface area contributed by atoms with Crippen molar-refractivity contribution in [1.29, 1.82) is 0 Å². The number of nitrogens with zero attached hydrogens (tertiary/aromatic N) is 2. The molecular weight excluding hydrogens is 180 g/mol. The first-order valence-electron chi connectivity index (χ1n) is 4.63. The molecule has 0 bridgehead atoms. The topological polar surface area (TPSA) is 52.9 Å². The molecule has 4 nitrogen and oxygen atoms in total. The van der Waals surface area contributed by atoms with Crippen LogP contribution in [0.1, 0.15) is 12.0 Å². The van der Waals surface area contributed by atoms with Crippen LogP contribution in [0.4, 0.5) is 11.4 Å². The molecule has 1 aromatic rings. The van der Waals surface area contributed by atoms with E-state index in [-0.39, 0.29) is 11.4 Å². The first kappa shape index (κ1) is 8.99. The lowest BCUT2D eigenvalue weighted by atomic mass is 10.0. The van der Waals surface area contributed by atoms with Crippen LogP contribution in [0.2, 0.25) is 0 Å². The lowest BCUT2D eigenvalue weighted by Gasteiger charge is -2.27. The Labute approximate surface area is 82.1 Å². The molecule has 4 heteroatoms. The molecule has 1 aliphatic rings. The van der Waals surface area contributed by atoms with Gasteiger partial charge in [0, 0.05) is 25.3 Å². The van der Waals surface area contributed by atoms with Crippen molar-refractivity contribution in [3.63, 3.8) is 0 Å². The second-order valence-electron chi connectivity index (χ2n) is 3.59. The zero-order chi connectivity index (χ0) is 10.1. The van der Waals surface area contributed by atoms with Crippen molar-refractivity contribution in [2.75, 3.05) is 18.5 Å². The molecule has 0 fully saturated rings. The SMILES string of the molecule is CN1CCCc2cc(N=O)c(O)cc21. The summed E-state index contributed by atoms with van der Waals surface area (Å²) in [6.45, 7) is 0.986. The minimum atomic E-state index is -0.0347. The zero-order valence-corrected chi connectivity index (χ0v) is 8.03. The van der Waals surface area contributed by atoms with Gasteiger partial charge in [0.2, 0.25) is 0 Å². The highest BCUT2D eigenvalue weighted by Gasteiger charge is 2.16. The molecule has 0 unspecified atom stereocenters. The lowest BCUT2D eigenvalue weighted by molar-refractivity contribution is 0.476. The van der Waals surface area contributed by atoms with Crippen LogP contribution in [0.3, 0.4) is 0 Å². The number of phenolic OH excluding ortho intramolecular Hbond substituents is 1. The van der Waals surface area contributed by atoms with Gasteiger partial charge < -0.3 is 10.0 Å². The van der Waals surface area contributed by atoms with Crippen molar-refractivity contribution in [2.24, 2.45) is 5.18 Å². The van der Waals surface area contributed by atoms with Gasteiger partial charge in [-0.15, -0.1) is 4.91 Å². The summed E-state index contributed by atoms with van der Waals surface area (Å²) in [5.41, 5.74) is 2.23. The average molecular weight is 192 g/mol. The first-order valence-corrected chi connectivity index (χ1v) is 4.63. The minimum absolute atomic E-state index is 0.0347. The predicted octanol–water partition coefficient (Wildman–Crippen LogP) is 2.17. The quantitative estimate of drug-likeness (QED) is 0.694. The molecule has 0 amide bonds. The third-order valence-corrected chi connectivity index (χ3v) is 2.63. The van der Waals surface area contributed by atoms with Gasteiger partial charge in [-0.1, -0.05) is 0 Å². The van der Waals surface area contributed by atoms with E-state index in [0.29, 0.717) is 0 Å². The fourth-order valence-electron chi connectivity index (χ4n) is 1.86. The van der Waals surface area contributed by atoms with Gasteiger partial charge in [0.05, 0.1) is 0 Å². The molecule has 0 saturated heterocycles. The van der Waals surface area contributed by atoms with Gasteiger partial charge in [0.1, 0.15) is 11.4 Å². The number of hydrogen-bond donors (Lipinski definition) is 1. The average Bonchev–Trinajstić information content (AvgIpc) is 2.19. The number of aromatic hydroxyl groups is 1. The van der Waals surface area contributed by atoms with Crippen LogP contribution in [0.5, 0.6) is 5.75 Å². The molecule has 1 heterocycles. The second-order valence-corrected chi connectivity index (χ2v) is 3.59. The Hall–Kier alpha value is -1.58. The molecule has 0 aliphatic carbocycles. The van der Waals surface area contributed by atoms with Gasteiger partial charge in [-0.3, -0.25) is 0 Å². The molecule has 0 spiro atoms. The highest BCUT2D eigenvalue weighted by Crippen LogP contribution is 2.36. The maximum Gasteiger partial charge on any atom is 0.150 e. The van der Waals surface area contributed by atoms with Crippen LogP contribution in [-0.2, 0) is 6.42 Å². The fraction of sp³-hybridized carbons (Fsp3) is 0.400. The van der Waals surface area contributed by atoms with E-state index in [9.17, 15) is 10.0 Å². The second kappa shape index (κ2) is 3.29. The third kappa shape index (κ3) is 1.32. The van der Waals surface area contributed by atoms with E-state index in [1.54, 1.807) is 12.1 Å². The van der Waals surface area contributed by atoms with Gasteiger partial charge in [-0.05, 0) is 29.6 Å². The van der Waals surface area contributed by atoms with Crippen molar-refractivity contribution >= 4 is 11.4 Å². The molecule has 1 aromatic carbocycles. The minimum Gasteiger partial charge on any atom is -0.505 e. The Morgan fingerprint density at radius 1 is 1.50 bits per heavy atom. The van der Waals surface area contributed by atoms with E-state index in [4.69, 9.17) is 0 Å². The summed E-state index contributed by atoms with van der Waals surface area (Å²) in [7, 11) is 1.98. The Bertz CT molecular complexity index is 377.